The smallest absolute Gasteiger partial charge is 0.234 e. The number of hydrogen-bond donors (Lipinski definition) is 1. The van der Waals surface area contributed by atoms with E-state index in [-0.39, 0.29) is 11.7 Å². The molecule has 0 atom stereocenters. The van der Waals surface area contributed by atoms with Crippen LogP contribution in [0.1, 0.15) is 16.7 Å². The molecule has 1 aromatic heterocycles. The van der Waals surface area contributed by atoms with Crippen LogP contribution in [0.2, 0.25) is 0 Å². The Labute approximate surface area is 156 Å². The minimum absolute atomic E-state index is 0.139. The molecular weight excluding hydrogens is 344 g/mol. The van der Waals surface area contributed by atoms with E-state index in [0.29, 0.717) is 11.3 Å². The second kappa shape index (κ2) is 7.89. The van der Waals surface area contributed by atoms with E-state index in [9.17, 15) is 4.79 Å². The fourth-order valence-electron chi connectivity index (χ4n) is 2.68. The van der Waals surface area contributed by atoms with Crippen molar-refractivity contribution in [3.8, 4) is 11.8 Å². The first-order valence-corrected chi connectivity index (χ1v) is 9.08. The van der Waals surface area contributed by atoms with Gasteiger partial charge >= 0.3 is 0 Å². The first kappa shape index (κ1) is 17.8. The highest BCUT2D eigenvalue weighted by molar-refractivity contribution is 7.99. The molecule has 0 aliphatic carbocycles. The zero-order valence-electron chi connectivity index (χ0n) is 14.6. The number of benzene rings is 2. The summed E-state index contributed by atoms with van der Waals surface area (Å²) in [6.45, 7) is 4.12. The SMILES string of the molecule is Cc1cc(C)cc(-n2ccnc2SCC(=O)Nc2cccc(C#N)c2)c1. The molecule has 0 radical (unpaired) electrons. The van der Waals surface area contributed by atoms with Crippen molar-refractivity contribution >= 4 is 23.4 Å². The Morgan fingerprint density at radius 3 is 2.73 bits per heavy atom. The molecule has 1 N–H and O–H groups in total. The molecule has 130 valence electrons. The van der Waals surface area contributed by atoms with E-state index in [4.69, 9.17) is 5.26 Å². The number of rotatable bonds is 5. The predicted octanol–water partition coefficient (Wildman–Crippen LogP) is 4.09. The molecule has 0 bridgehead atoms. The van der Waals surface area contributed by atoms with Crippen LogP contribution in [0.5, 0.6) is 0 Å². The van der Waals surface area contributed by atoms with Crippen molar-refractivity contribution in [2.45, 2.75) is 19.0 Å². The van der Waals surface area contributed by atoms with Gasteiger partial charge in [0.25, 0.3) is 0 Å². The third kappa shape index (κ3) is 4.32. The van der Waals surface area contributed by atoms with Crippen molar-refractivity contribution in [3.63, 3.8) is 0 Å². The van der Waals surface area contributed by atoms with E-state index in [2.05, 4.69) is 48.4 Å². The normalized spacial score (nSPS) is 10.3. The molecule has 3 aromatic rings. The van der Waals surface area contributed by atoms with Crippen molar-refractivity contribution in [2.75, 3.05) is 11.1 Å². The number of thioether (sulfide) groups is 1. The molecule has 26 heavy (non-hydrogen) atoms. The minimum Gasteiger partial charge on any atom is -0.325 e. The fraction of sp³-hybridized carbons (Fsp3) is 0.150. The van der Waals surface area contributed by atoms with Gasteiger partial charge < -0.3 is 5.32 Å². The van der Waals surface area contributed by atoms with Crippen molar-refractivity contribution in [1.29, 1.82) is 5.26 Å². The number of aryl methyl sites for hydroxylation is 2. The van der Waals surface area contributed by atoms with Gasteiger partial charge in [-0.1, -0.05) is 23.9 Å². The van der Waals surface area contributed by atoms with Gasteiger partial charge in [0.2, 0.25) is 5.91 Å². The molecule has 0 saturated heterocycles. The summed E-state index contributed by atoms with van der Waals surface area (Å²) in [5, 5.41) is 12.5. The number of aromatic nitrogens is 2. The molecule has 0 aliphatic heterocycles. The summed E-state index contributed by atoms with van der Waals surface area (Å²) in [5.74, 6) is 0.0959. The maximum absolute atomic E-state index is 12.2. The van der Waals surface area contributed by atoms with E-state index in [0.717, 1.165) is 10.8 Å². The lowest BCUT2D eigenvalue weighted by molar-refractivity contribution is -0.113. The van der Waals surface area contributed by atoms with Crippen molar-refractivity contribution in [3.05, 3.63) is 71.5 Å². The molecule has 0 unspecified atom stereocenters. The number of carbonyl (C=O) groups excluding carboxylic acids is 1. The number of anilines is 1. The molecule has 0 fully saturated rings. The number of nitriles is 1. The Morgan fingerprint density at radius 2 is 2.00 bits per heavy atom. The second-order valence-electron chi connectivity index (χ2n) is 5.96. The Kier molecular flexibility index (Phi) is 5.40. The van der Waals surface area contributed by atoms with Crippen LogP contribution in [-0.4, -0.2) is 21.2 Å². The quantitative estimate of drug-likeness (QED) is 0.694. The van der Waals surface area contributed by atoms with Crippen LogP contribution < -0.4 is 5.32 Å². The lowest BCUT2D eigenvalue weighted by Gasteiger charge is -2.10. The average Bonchev–Trinajstić information content (AvgIpc) is 3.08. The summed E-state index contributed by atoms with van der Waals surface area (Å²) in [6, 6.07) is 15.2. The highest BCUT2D eigenvalue weighted by Crippen LogP contribution is 2.22. The highest BCUT2D eigenvalue weighted by atomic mass is 32.2. The zero-order valence-corrected chi connectivity index (χ0v) is 15.4. The number of nitrogens with zero attached hydrogens (tertiary/aromatic N) is 3. The molecule has 6 heteroatoms. The summed E-state index contributed by atoms with van der Waals surface area (Å²) < 4.78 is 1.98. The largest absolute Gasteiger partial charge is 0.325 e. The van der Waals surface area contributed by atoms with Gasteiger partial charge in [-0.05, 0) is 55.3 Å². The van der Waals surface area contributed by atoms with Gasteiger partial charge in [-0.25, -0.2) is 4.98 Å². The molecule has 1 amide bonds. The van der Waals surface area contributed by atoms with Crippen LogP contribution in [0.25, 0.3) is 5.69 Å². The maximum Gasteiger partial charge on any atom is 0.234 e. The topological polar surface area (TPSA) is 70.7 Å². The van der Waals surface area contributed by atoms with Gasteiger partial charge in [0.1, 0.15) is 0 Å². The first-order chi connectivity index (χ1) is 12.5. The molecule has 2 aromatic carbocycles. The summed E-state index contributed by atoms with van der Waals surface area (Å²) >= 11 is 1.37. The third-order valence-electron chi connectivity index (χ3n) is 3.70. The van der Waals surface area contributed by atoms with Gasteiger partial charge in [-0.15, -0.1) is 0 Å². The molecule has 0 saturated carbocycles. The van der Waals surface area contributed by atoms with Gasteiger partial charge in [0.05, 0.1) is 17.4 Å². The standard InChI is InChI=1S/C20H18N4OS/c1-14-8-15(2)10-18(9-14)24-7-6-22-20(24)26-13-19(25)23-17-5-3-4-16(11-17)12-21/h3-11H,13H2,1-2H3,(H,23,25). The van der Waals surface area contributed by atoms with Gasteiger partial charge in [-0.2, -0.15) is 5.26 Å². The van der Waals surface area contributed by atoms with Crippen molar-refractivity contribution in [2.24, 2.45) is 0 Å². The van der Waals surface area contributed by atoms with Crippen LogP contribution in [0.3, 0.4) is 0 Å². The number of imidazole rings is 1. The third-order valence-corrected chi connectivity index (χ3v) is 4.67. The predicted molar refractivity (Wildman–Crippen MR) is 104 cm³/mol. The monoisotopic (exact) mass is 362 g/mol. The Morgan fingerprint density at radius 1 is 1.23 bits per heavy atom. The molecule has 1 heterocycles. The highest BCUT2D eigenvalue weighted by Gasteiger charge is 2.10. The van der Waals surface area contributed by atoms with E-state index < -0.39 is 0 Å². The number of hydrogen-bond acceptors (Lipinski definition) is 4. The first-order valence-electron chi connectivity index (χ1n) is 8.10. The number of carbonyl (C=O) groups is 1. The van der Waals surface area contributed by atoms with E-state index in [1.807, 2.05) is 10.8 Å². The van der Waals surface area contributed by atoms with Crippen molar-refractivity contribution < 1.29 is 4.79 Å². The summed E-state index contributed by atoms with van der Waals surface area (Å²) in [6.07, 6.45) is 3.62. The zero-order chi connectivity index (χ0) is 18.5. The minimum atomic E-state index is -0.139. The van der Waals surface area contributed by atoms with Gasteiger partial charge in [-0.3, -0.25) is 9.36 Å². The maximum atomic E-state index is 12.2. The second-order valence-corrected chi connectivity index (χ2v) is 6.90. The van der Waals surface area contributed by atoms with E-state index >= 15 is 0 Å². The number of amides is 1. The van der Waals surface area contributed by atoms with Crippen LogP contribution in [0.15, 0.2) is 60.0 Å². The van der Waals surface area contributed by atoms with E-state index in [1.54, 1.807) is 30.5 Å². The molecule has 0 spiro atoms. The molecule has 5 nitrogen and oxygen atoms in total. The summed E-state index contributed by atoms with van der Waals surface area (Å²) in [5.41, 5.74) is 4.53. The fourth-order valence-corrected chi connectivity index (χ4v) is 3.45. The summed E-state index contributed by atoms with van der Waals surface area (Å²) in [4.78, 5) is 16.6. The average molecular weight is 362 g/mol. The Hall–Kier alpha value is -3.04. The van der Waals surface area contributed by atoms with Crippen LogP contribution in [0, 0.1) is 25.2 Å². The molecule has 0 aliphatic rings. The lowest BCUT2D eigenvalue weighted by atomic mass is 10.1. The Bertz CT molecular complexity index is 967. The van der Waals surface area contributed by atoms with Gasteiger partial charge in [0.15, 0.2) is 5.16 Å². The van der Waals surface area contributed by atoms with Crippen LogP contribution in [-0.2, 0) is 4.79 Å². The molecule has 3 rings (SSSR count). The summed E-state index contributed by atoms with van der Waals surface area (Å²) in [7, 11) is 0. The number of nitrogens with one attached hydrogen (secondary N) is 1. The van der Waals surface area contributed by atoms with Gasteiger partial charge in [0, 0.05) is 23.8 Å². The van der Waals surface area contributed by atoms with E-state index in [1.165, 1.54) is 22.9 Å². The lowest BCUT2D eigenvalue weighted by Crippen LogP contribution is -2.14. The Balaban J connectivity index is 1.68. The van der Waals surface area contributed by atoms with Crippen LogP contribution >= 0.6 is 11.8 Å². The van der Waals surface area contributed by atoms with Crippen molar-refractivity contribution in [1.82, 2.24) is 9.55 Å². The molecular formula is C20H18N4OS. The van der Waals surface area contributed by atoms with Crippen LogP contribution in [0.4, 0.5) is 5.69 Å².